The number of hydrogen-bond acceptors (Lipinski definition) is 0. The molecule has 2 nitrogen and oxygen atoms in total. The topological polar surface area (TPSA) is 28.2 Å². The molecule has 0 rings (SSSR count). The molecule has 0 fully saturated rings. The van der Waals surface area contributed by atoms with Gasteiger partial charge in [0.1, 0.15) is 0 Å². The maximum atomic E-state index is 4.28. The molecule has 0 aliphatic rings. The van der Waals surface area contributed by atoms with Gasteiger partial charge >= 0.3 is 45.5 Å². The largest absolute Gasteiger partial charge is 2.00 e. The van der Waals surface area contributed by atoms with Crippen molar-refractivity contribution in [1.29, 1.82) is 0 Å². The summed E-state index contributed by atoms with van der Waals surface area (Å²) in [5.41, 5.74) is 0. The molecule has 0 aliphatic carbocycles. The van der Waals surface area contributed by atoms with Crippen molar-refractivity contribution in [2.75, 3.05) is 0 Å². The molecule has 0 saturated heterocycles. The zero-order valence-corrected chi connectivity index (χ0v) is 15.4. The Labute approximate surface area is 134 Å². The van der Waals surface area contributed by atoms with Crippen molar-refractivity contribution in [1.82, 2.24) is 0 Å². The van der Waals surface area contributed by atoms with Gasteiger partial charge in [0.25, 0.3) is 0 Å². The summed E-state index contributed by atoms with van der Waals surface area (Å²) in [6, 6.07) is 2.00. The van der Waals surface area contributed by atoms with Crippen molar-refractivity contribution in [3.63, 3.8) is 0 Å². The van der Waals surface area contributed by atoms with Crippen molar-refractivity contribution in [3.8, 4) is 0 Å². The van der Waals surface area contributed by atoms with E-state index < -0.39 is 0 Å². The molecule has 0 amide bonds. The van der Waals surface area contributed by atoms with Crippen LogP contribution in [0.5, 0.6) is 0 Å². The normalized spacial score (nSPS) is 10.4. The van der Waals surface area contributed by atoms with Crippen molar-refractivity contribution in [2.45, 2.75) is 79.6 Å². The van der Waals surface area contributed by atoms with Gasteiger partial charge in [0.2, 0.25) is 0 Å². The van der Waals surface area contributed by atoms with Gasteiger partial charge in [0.15, 0.2) is 0 Å². The third kappa shape index (κ3) is 31.3. The maximum Gasteiger partial charge on any atom is 2.00 e. The van der Waals surface area contributed by atoms with Crippen molar-refractivity contribution in [3.05, 3.63) is 10.6 Å². The molecular formula is C12H28N2Sr. The van der Waals surface area contributed by atoms with E-state index >= 15 is 0 Å². The maximum absolute atomic E-state index is 4.28. The quantitative estimate of drug-likeness (QED) is 0.700. The first kappa shape index (κ1) is 21.7. The molecule has 0 heterocycles. The number of nitrogens with zero attached hydrogens (tertiary/aromatic N) is 2. The first-order valence-electron chi connectivity index (χ1n) is 5.65. The van der Waals surface area contributed by atoms with Gasteiger partial charge in [-0.15, -0.1) is 24.2 Å². The average Bonchev–Trinajstić information content (AvgIpc) is 1.79. The van der Waals surface area contributed by atoms with Gasteiger partial charge in [0.05, 0.1) is 0 Å². The summed E-state index contributed by atoms with van der Waals surface area (Å²) in [6.45, 7) is 16.8. The van der Waals surface area contributed by atoms with E-state index in [2.05, 4.69) is 66.0 Å². The van der Waals surface area contributed by atoms with Gasteiger partial charge in [-0.1, -0.05) is 55.4 Å². The predicted molar refractivity (Wildman–Crippen MR) is 73.0 cm³/mol. The summed E-state index contributed by atoms with van der Waals surface area (Å²) in [5.74, 6) is 0. The second-order valence-corrected chi connectivity index (χ2v) is 4.67. The predicted octanol–water partition coefficient (Wildman–Crippen LogP) is 3.97. The van der Waals surface area contributed by atoms with E-state index in [1.54, 1.807) is 0 Å². The minimum absolute atomic E-state index is 0. The third-order valence-electron chi connectivity index (χ3n) is 1.19. The fourth-order valence-corrected chi connectivity index (χ4v) is 1.19. The molecule has 0 spiro atoms. The van der Waals surface area contributed by atoms with E-state index in [0.29, 0.717) is 24.2 Å². The molecule has 0 aromatic rings. The van der Waals surface area contributed by atoms with Gasteiger partial charge in [-0.3, -0.25) is 0 Å². The fraction of sp³-hybridized carbons (Fsp3) is 1.00. The molecule has 0 aliphatic heterocycles. The Morgan fingerprint density at radius 1 is 0.467 bits per heavy atom. The van der Waals surface area contributed by atoms with Crippen LogP contribution in [0.2, 0.25) is 0 Å². The summed E-state index contributed by atoms with van der Waals surface area (Å²) in [7, 11) is 0. The molecule has 88 valence electrons. The van der Waals surface area contributed by atoms with Gasteiger partial charge in [-0.25, -0.2) is 0 Å². The van der Waals surface area contributed by atoms with Crippen LogP contribution >= 0.6 is 0 Å². The Kier molecular flexibility index (Phi) is 19.4. The monoisotopic (exact) mass is 288 g/mol. The Bertz CT molecular complexity index is 86.2. The Balaban J connectivity index is -0.000000180. The van der Waals surface area contributed by atoms with Crippen LogP contribution in [-0.4, -0.2) is 69.6 Å². The van der Waals surface area contributed by atoms with Crippen molar-refractivity contribution >= 4 is 45.5 Å². The van der Waals surface area contributed by atoms with Crippen LogP contribution < -0.4 is 0 Å². The van der Waals surface area contributed by atoms with E-state index in [1.165, 1.54) is 0 Å². The van der Waals surface area contributed by atoms with Crippen molar-refractivity contribution < 1.29 is 0 Å². The van der Waals surface area contributed by atoms with Gasteiger partial charge in [-0.2, -0.15) is 0 Å². The van der Waals surface area contributed by atoms with Crippen LogP contribution in [0.15, 0.2) is 0 Å². The SMILES string of the molecule is CC(C)[N-]C(C)C.CC(C)[N-]C(C)C.[Sr+2]. The fourth-order valence-electron chi connectivity index (χ4n) is 1.19. The summed E-state index contributed by atoms with van der Waals surface area (Å²) in [6.07, 6.45) is 0. The number of rotatable bonds is 4. The molecular weight excluding hydrogens is 260 g/mol. The first-order chi connectivity index (χ1) is 6.25. The Morgan fingerprint density at radius 2 is 0.600 bits per heavy atom. The molecule has 0 saturated carbocycles. The zero-order chi connectivity index (χ0) is 11.7. The van der Waals surface area contributed by atoms with E-state index in [9.17, 15) is 0 Å². The molecule has 15 heavy (non-hydrogen) atoms. The first-order valence-corrected chi connectivity index (χ1v) is 5.65. The Morgan fingerprint density at radius 3 is 0.600 bits per heavy atom. The summed E-state index contributed by atoms with van der Waals surface area (Å²) in [5, 5.41) is 8.56. The molecule has 0 unspecified atom stereocenters. The Hall–Kier alpha value is 1.40. The second kappa shape index (κ2) is 13.5. The van der Waals surface area contributed by atoms with Crippen LogP contribution in [-0.2, 0) is 0 Å². The molecule has 0 atom stereocenters. The summed E-state index contributed by atoms with van der Waals surface area (Å²) < 4.78 is 0. The van der Waals surface area contributed by atoms with Crippen LogP contribution in [0.4, 0.5) is 0 Å². The van der Waals surface area contributed by atoms with Crippen LogP contribution in [0, 0.1) is 0 Å². The zero-order valence-electron chi connectivity index (χ0n) is 11.9. The average molecular weight is 288 g/mol. The van der Waals surface area contributed by atoms with Gasteiger partial charge in [0, 0.05) is 0 Å². The molecule has 0 radical (unpaired) electrons. The minimum atomic E-state index is 0. The second-order valence-electron chi connectivity index (χ2n) is 4.67. The van der Waals surface area contributed by atoms with Gasteiger partial charge < -0.3 is 10.6 Å². The molecule has 0 N–H and O–H groups in total. The smallest absolute Gasteiger partial charge is 0.658 e. The van der Waals surface area contributed by atoms with Crippen LogP contribution in [0.3, 0.4) is 0 Å². The minimum Gasteiger partial charge on any atom is -0.658 e. The number of hydrogen-bond donors (Lipinski definition) is 0. The molecule has 0 aromatic carbocycles. The standard InChI is InChI=1S/2C6H14N.Sr/c2*1-5(2)7-6(3)4;/h2*5-6H,1-4H3;/q2*-1;+2. The molecule has 3 heteroatoms. The summed E-state index contributed by atoms with van der Waals surface area (Å²) >= 11 is 0. The van der Waals surface area contributed by atoms with E-state index in [1.807, 2.05) is 0 Å². The van der Waals surface area contributed by atoms with E-state index in [4.69, 9.17) is 0 Å². The molecule has 0 aromatic heterocycles. The third-order valence-corrected chi connectivity index (χ3v) is 1.19. The van der Waals surface area contributed by atoms with E-state index in [0.717, 1.165) is 0 Å². The van der Waals surface area contributed by atoms with Crippen molar-refractivity contribution in [2.24, 2.45) is 0 Å². The summed E-state index contributed by atoms with van der Waals surface area (Å²) in [4.78, 5) is 0. The van der Waals surface area contributed by atoms with Crippen LogP contribution in [0.25, 0.3) is 10.6 Å². The van der Waals surface area contributed by atoms with Gasteiger partial charge in [-0.05, 0) is 0 Å². The molecule has 0 bridgehead atoms. The van der Waals surface area contributed by atoms with Crippen LogP contribution in [0.1, 0.15) is 55.4 Å². The van der Waals surface area contributed by atoms with E-state index in [-0.39, 0.29) is 45.5 Å².